The van der Waals surface area contributed by atoms with Gasteiger partial charge in [0.15, 0.2) is 0 Å². The van der Waals surface area contributed by atoms with Gasteiger partial charge >= 0.3 is 0 Å². The fraction of sp³-hybridized carbons (Fsp3) is 0.385. The zero-order chi connectivity index (χ0) is 14.4. The largest absolute Gasteiger partial charge is 0.383 e. The highest BCUT2D eigenvalue weighted by atomic mass is 35.5. The van der Waals surface area contributed by atoms with Crippen LogP contribution in [0.2, 0.25) is 5.02 Å². The third kappa shape index (κ3) is 3.75. The van der Waals surface area contributed by atoms with Crippen LogP contribution in [-0.4, -0.2) is 35.0 Å². The number of hydrogen-bond acceptors (Lipinski definition) is 4. The molecule has 1 aromatic heterocycles. The number of nitrogens with one attached hydrogen (secondary N) is 1. The van der Waals surface area contributed by atoms with Crippen LogP contribution in [0.1, 0.15) is 11.4 Å². The van der Waals surface area contributed by atoms with Gasteiger partial charge in [-0.05, 0) is 12.1 Å². The molecule has 108 valence electrons. The summed E-state index contributed by atoms with van der Waals surface area (Å²) in [5.74, 6) is 0.381. The van der Waals surface area contributed by atoms with Crippen molar-refractivity contribution in [3.8, 4) is 0 Å². The lowest BCUT2D eigenvalue weighted by atomic mass is 10.2. The van der Waals surface area contributed by atoms with Crippen molar-refractivity contribution < 1.29 is 9.13 Å². The van der Waals surface area contributed by atoms with E-state index in [-0.39, 0.29) is 12.4 Å². The lowest BCUT2D eigenvalue weighted by molar-refractivity contribution is 0.198. The molecule has 1 heterocycles. The molecule has 1 N–H and O–H groups in total. The van der Waals surface area contributed by atoms with Crippen molar-refractivity contribution in [2.45, 2.75) is 13.1 Å². The summed E-state index contributed by atoms with van der Waals surface area (Å²) in [7, 11) is 1.64. The average molecular weight is 299 g/mol. The van der Waals surface area contributed by atoms with Crippen LogP contribution in [0.4, 0.5) is 4.39 Å². The summed E-state index contributed by atoms with van der Waals surface area (Å²) in [5.41, 5.74) is 0.415. The van der Waals surface area contributed by atoms with E-state index in [0.717, 1.165) is 5.82 Å². The molecule has 5 nitrogen and oxygen atoms in total. The number of methoxy groups -OCH3 is 1. The zero-order valence-corrected chi connectivity index (χ0v) is 11.9. The maximum atomic E-state index is 13.7. The van der Waals surface area contributed by atoms with Gasteiger partial charge in [0.1, 0.15) is 18.0 Å². The summed E-state index contributed by atoms with van der Waals surface area (Å²) in [4.78, 5) is 4.15. The first-order valence-corrected chi connectivity index (χ1v) is 6.59. The minimum atomic E-state index is -0.341. The fourth-order valence-electron chi connectivity index (χ4n) is 1.76. The number of hydrogen-bond donors (Lipinski definition) is 1. The second-order valence-electron chi connectivity index (χ2n) is 4.20. The number of rotatable bonds is 7. The van der Waals surface area contributed by atoms with Crippen LogP contribution < -0.4 is 5.32 Å². The van der Waals surface area contributed by atoms with Crippen LogP contribution in [-0.2, 0) is 17.8 Å². The van der Waals surface area contributed by atoms with E-state index in [0.29, 0.717) is 30.3 Å². The van der Waals surface area contributed by atoms with Crippen molar-refractivity contribution in [1.82, 2.24) is 20.1 Å². The second kappa shape index (κ2) is 7.33. The Labute approximate surface area is 121 Å². The van der Waals surface area contributed by atoms with E-state index in [2.05, 4.69) is 15.4 Å². The van der Waals surface area contributed by atoms with Crippen LogP contribution in [0.25, 0.3) is 0 Å². The molecule has 1 aromatic carbocycles. The summed E-state index contributed by atoms with van der Waals surface area (Å²) in [6, 6.07) is 4.62. The second-order valence-corrected chi connectivity index (χ2v) is 4.61. The molecule has 0 bridgehead atoms. The first-order chi connectivity index (χ1) is 9.72. The third-order valence-electron chi connectivity index (χ3n) is 2.83. The van der Waals surface area contributed by atoms with Gasteiger partial charge in [-0.3, -0.25) is 0 Å². The molecule has 0 amide bonds. The number of halogens is 2. The number of nitrogens with zero attached hydrogens (tertiary/aromatic N) is 3. The molecule has 0 aliphatic heterocycles. The Morgan fingerprint density at radius 3 is 3.05 bits per heavy atom. The van der Waals surface area contributed by atoms with Gasteiger partial charge in [0.2, 0.25) is 0 Å². The van der Waals surface area contributed by atoms with Gasteiger partial charge in [0, 0.05) is 24.2 Å². The van der Waals surface area contributed by atoms with Crippen molar-refractivity contribution in [3.05, 3.63) is 46.8 Å². The minimum Gasteiger partial charge on any atom is -0.383 e. The first-order valence-electron chi connectivity index (χ1n) is 6.21. The lowest BCUT2D eigenvalue weighted by Crippen LogP contribution is -2.21. The SMILES string of the molecule is COCCNCc1ncnn1Cc1c(F)cccc1Cl. The van der Waals surface area contributed by atoms with Gasteiger partial charge in [-0.2, -0.15) is 5.10 Å². The Bertz CT molecular complexity index is 541. The molecular formula is C13H16ClFN4O. The summed E-state index contributed by atoms with van der Waals surface area (Å²) < 4.78 is 20.3. The quantitative estimate of drug-likeness (QED) is 0.793. The number of ether oxygens (including phenoxy) is 1. The highest BCUT2D eigenvalue weighted by Crippen LogP contribution is 2.20. The Balaban J connectivity index is 2.05. The highest BCUT2D eigenvalue weighted by Gasteiger charge is 2.11. The Kier molecular flexibility index (Phi) is 5.46. The highest BCUT2D eigenvalue weighted by molar-refractivity contribution is 6.31. The van der Waals surface area contributed by atoms with Crippen LogP contribution in [0, 0.1) is 5.82 Å². The van der Waals surface area contributed by atoms with Gasteiger partial charge in [-0.15, -0.1) is 0 Å². The number of benzene rings is 1. The van der Waals surface area contributed by atoms with Crippen molar-refractivity contribution in [3.63, 3.8) is 0 Å². The molecule has 0 radical (unpaired) electrons. The van der Waals surface area contributed by atoms with E-state index in [1.165, 1.54) is 12.4 Å². The summed E-state index contributed by atoms with van der Waals surface area (Å²) >= 11 is 6.01. The topological polar surface area (TPSA) is 52.0 Å². The van der Waals surface area contributed by atoms with Crippen LogP contribution in [0.5, 0.6) is 0 Å². The molecule has 2 aromatic rings. The molecule has 20 heavy (non-hydrogen) atoms. The summed E-state index contributed by atoms with van der Waals surface area (Å²) in [5, 5.41) is 7.66. The van der Waals surface area contributed by atoms with E-state index in [4.69, 9.17) is 16.3 Å². The Morgan fingerprint density at radius 2 is 2.30 bits per heavy atom. The molecule has 0 aliphatic rings. The maximum absolute atomic E-state index is 13.7. The van der Waals surface area contributed by atoms with Crippen molar-refractivity contribution in [2.75, 3.05) is 20.3 Å². The molecule has 0 unspecified atom stereocenters. The minimum absolute atomic E-state index is 0.257. The van der Waals surface area contributed by atoms with Gasteiger partial charge in [-0.25, -0.2) is 14.1 Å². The molecule has 0 fully saturated rings. The smallest absolute Gasteiger partial charge is 0.141 e. The fourth-order valence-corrected chi connectivity index (χ4v) is 1.99. The van der Waals surface area contributed by atoms with Crippen LogP contribution in [0.15, 0.2) is 24.5 Å². The van der Waals surface area contributed by atoms with Crippen molar-refractivity contribution in [1.29, 1.82) is 0 Å². The third-order valence-corrected chi connectivity index (χ3v) is 3.19. The predicted octanol–water partition coefficient (Wildman–Crippen LogP) is 1.85. The monoisotopic (exact) mass is 298 g/mol. The van der Waals surface area contributed by atoms with E-state index < -0.39 is 0 Å². The van der Waals surface area contributed by atoms with Gasteiger partial charge in [0.05, 0.1) is 19.7 Å². The summed E-state index contributed by atoms with van der Waals surface area (Å²) in [6.07, 6.45) is 1.45. The normalized spacial score (nSPS) is 10.9. The standard InChI is InChI=1S/C13H16ClFN4O/c1-20-6-5-16-7-13-17-9-18-19(13)8-10-11(14)3-2-4-12(10)15/h2-4,9,16H,5-8H2,1H3. The van der Waals surface area contributed by atoms with E-state index in [1.54, 1.807) is 23.9 Å². The zero-order valence-electron chi connectivity index (χ0n) is 11.1. The molecular weight excluding hydrogens is 283 g/mol. The van der Waals surface area contributed by atoms with E-state index >= 15 is 0 Å². The Morgan fingerprint density at radius 1 is 1.45 bits per heavy atom. The van der Waals surface area contributed by atoms with E-state index in [1.807, 2.05) is 0 Å². The predicted molar refractivity (Wildman–Crippen MR) is 74.1 cm³/mol. The molecule has 0 aliphatic carbocycles. The number of aromatic nitrogens is 3. The Hall–Kier alpha value is -1.50. The molecule has 0 saturated heterocycles. The van der Waals surface area contributed by atoms with E-state index in [9.17, 15) is 4.39 Å². The van der Waals surface area contributed by atoms with Gasteiger partial charge < -0.3 is 10.1 Å². The molecule has 2 rings (SSSR count). The molecule has 0 spiro atoms. The van der Waals surface area contributed by atoms with Crippen molar-refractivity contribution in [2.24, 2.45) is 0 Å². The first kappa shape index (κ1) is 14.9. The van der Waals surface area contributed by atoms with Crippen molar-refractivity contribution >= 4 is 11.6 Å². The molecule has 7 heteroatoms. The van der Waals surface area contributed by atoms with Crippen LogP contribution >= 0.6 is 11.6 Å². The maximum Gasteiger partial charge on any atom is 0.141 e. The lowest BCUT2D eigenvalue weighted by Gasteiger charge is -2.09. The van der Waals surface area contributed by atoms with Gasteiger partial charge in [0.25, 0.3) is 0 Å². The van der Waals surface area contributed by atoms with Gasteiger partial charge in [-0.1, -0.05) is 17.7 Å². The van der Waals surface area contributed by atoms with Crippen LogP contribution in [0.3, 0.4) is 0 Å². The summed E-state index contributed by atoms with van der Waals surface area (Å²) in [6.45, 7) is 2.12. The molecule has 0 atom stereocenters. The molecule has 0 saturated carbocycles. The average Bonchev–Trinajstić information content (AvgIpc) is 2.87.